The second kappa shape index (κ2) is 3.13. The van der Waals surface area contributed by atoms with E-state index in [1.54, 1.807) is 4.81 Å². The minimum absolute atomic E-state index is 0.638. The first-order valence-electron chi connectivity index (χ1n) is 3.96. The van der Waals surface area contributed by atoms with Crippen molar-refractivity contribution in [2.24, 2.45) is 5.92 Å². The van der Waals surface area contributed by atoms with Gasteiger partial charge in [0.05, 0.1) is 0 Å². The van der Waals surface area contributed by atoms with Crippen molar-refractivity contribution in [2.45, 2.75) is 26.2 Å². The number of piperidine rings is 1. The quantitative estimate of drug-likeness (QED) is 0.494. The summed E-state index contributed by atoms with van der Waals surface area (Å²) in [6, 6.07) is 0. The molecule has 0 amide bonds. The summed E-state index contributed by atoms with van der Waals surface area (Å²) < 4.78 is 0. The molecule has 0 aromatic carbocycles. The topological polar surface area (TPSA) is 3.24 Å². The fourth-order valence-electron chi connectivity index (χ4n) is 1.49. The molecule has 54 valence electrons. The maximum Gasteiger partial charge on any atom is 0.226 e. The van der Waals surface area contributed by atoms with Crippen LogP contribution in [0.15, 0.2) is 12.3 Å². The van der Waals surface area contributed by atoms with E-state index in [1.807, 2.05) is 0 Å². The molecule has 1 aliphatic rings. The molecule has 1 saturated heterocycles. The maximum absolute atomic E-state index is 5.68. The molecule has 1 fully saturated rings. The second-order valence-electron chi connectivity index (χ2n) is 2.93. The van der Waals surface area contributed by atoms with E-state index in [-0.39, 0.29) is 0 Å². The molecule has 1 unspecified atom stereocenters. The Balaban J connectivity index is 2.51. The van der Waals surface area contributed by atoms with Crippen molar-refractivity contribution >= 4 is 7.98 Å². The lowest BCUT2D eigenvalue weighted by molar-refractivity contribution is 0.344. The Morgan fingerprint density at radius 2 is 2.50 bits per heavy atom. The van der Waals surface area contributed by atoms with Gasteiger partial charge in [0, 0.05) is 6.54 Å². The van der Waals surface area contributed by atoms with Crippen LogP contribution in [0, 0.1) is 5.92 Å². The molecule has 0 N–H and O–H groups in total. The number of hydrogen-bond acceptors (Lipinski definition) is 1. The van der Waals surface area contributed by atoms with Gasteiger partial charge in [-0.15, -0.1) is 0 Å². The highest BCUT2D eigenvalue weighted by Crippen LogP contribution is 2.26. The first-order chi connectivity index (χ1) is 4.75. The van der Waals surface area contributed by atoms with E-state index in [0.29, 0.717) is 5.92 Å². The van der Waals surface area contributed by atoms with Crippen LogP contribution in [0.25, 0.3) is 0 Å². The lowest BCUT2D eigenvalue weighted by Gasteiger charge is -2.33. The van der Waals surface area contributed by atoms with Gasteiger partial charge in [0.25, 0.3) is 0 Å². The fraction of sp³-hybridized carbons (Fsp3) is 0.750. The Labute approximate surface area is 64.5 Å². The van der Waals surface area contributed by atoms with Gasteiger partial charge < -0.3 is 4.81 Å². The van der Waals surface area contributed by atoms with E-state index in [2.05, 4.69) is 13.5 Å². The molecule has 0 aromatic heterocycles. The summed E-state index contributed by atoms with van der Waals surface area (Å²) in [6.45, 7) is 7.12. The van der Waals surface area contributed by atoms with Crippen molar-refractivity contribution in [3.8, 4) is 0 Å². The smallest absolute Gasteiger partial charge is 0.226 e. The van der Waals surface area contributed by atoms with E-state index in [9.17, 15) is 0 Å². The molecule has 0 bridgehead atoms. The van der Waals surface area contributed by atoms with Crippen LogP contribution in [0.4, 0.5) is 0 Å². The normalized spacial score (nSPS) is 27.1. The van der Waals surface area contributed by atoms with E-state index in [1.165, 1.54) is 19.3 Å². The zero-order valence-electron chi connectivity index (χ0n) is 6.64. The molecule has 1 nitrogen and oxygen atoms in total. The number of rotatable bonds is 1. The molecule has 1 atom stereocenters. The third-order valence-corrected chi connectivity index (χ3v) is 2.28. The Kier molecular flexibility index (Phi) is 2.41. The Bertz CT molecular complexity index is 133. The molecule has 2 heteroatoms. The van der Waals surface area contributed by atoms with Crippen LogP contribution in [0.3, 0.4) is 0 Å². The van der Waals surface area contributed by atoms with Gasteiger partial charge in [0.1, 0.15) is 0 Å². The Hall–Kier alpha value is -0.395. The second-order valence-corrected chi connectivity index (χ2v) is 2.93. The first kappa shape index (κ1) is 7.71. The molecule has 0 spiro atoms. The summed E-state index contributed by atoms with van der Waals surface area (Å²) in [4.78, 5) is 1.79. The zero-order chi connectivity index (χ0) is 7.56. The van der Waals surface area contributed by atoms with Gasteiger partial charge in [0.2, 0.25) is 7.98 Å². The van der Waals surface area contributed by atoms with Crippen molar-refractivity contribution in [1.82, 2.24) is 4.81 Å². The van der Waals surface area contributed by atoms with Crippen molar-refractivity contribution in [1.29, 1.82) is 0 Å². The average Bonchev–Trinajstić information content (AvgIpc) is 1.95. The lowest BCUT2D eigenvalue weighted by Crippen LogP contribution is -2.30. The SMILES string of the molecule is [B]N1CCCC(CC)C1=C. The highest BCUT2D eigenvalue weighted by atomic mass is 15.0. The molecule has 1 heterocycles. The molecule has 0 aromatic rings. The molecule has 1 aliphatic heterocycles. The number of nitrogens with zero attached hydrogens (tertiary/aromatic N) is 1. The third-order valence-electron chi connectivity index (χ3n) is 2.28. The largest absolute Gasteiger partial charge is 0.428 e. The van der Waals surface area contributed by atoms with Gasteiger partial charge >= 0.3 is 0 Å². The molecule has 1 rings (SSSR count). The van der Waals surface area contributed by atoms with Crippen LogP contribution in [0.2, 0.25) is 0 Å². The van der Waals surface area contributed by atoms with Crippen LogP contribution < -0.4 is 0 Å². The van der Waals surface area contributed by atoms with Crippen LogP contribution in [0.5, 0.6) is 0 Å². The molecular formula is C8H14BN. The van der Waals surface area contributed by atoms with Crippen molar-refractivity contribution < 1.29 is 0 Å². The summed E-state index contributed by atoms with van der Waals surface area (Å²) >= 11 is 0. The highest BCUT2D eigenvalue weighted by molar-refractivity contribution is 6.05. The number of allylic oxidation sites excluding steroid dienone is 1. The Morgan fingerprint density at radius 3 is 3.00 bits per heavy atom. The third kappa shape index (κ3) is 1.36. The summed E-state index contributed by atoms with van der Waals surface area (Å²) in [6.07, 6.45) is 3.66. The standard InChI is InChI=1S/C8H14BN/c1-3-8-5-4-6-10(9)7(8)2/h8H,2-6H2,1H3. The van der Waals surface area contributed by atoms with Gasteiger partial charge in [-0.1, -0.05) is 13.5 Å². The minimum Gasteiger partial charge on any atom is -0.428 e. The minimum atomic E-state index is 0.638. The predicted molar refractivity (Wildman–Crippen MR) is 44.6 cm³/mol. The van der Waals surface area contributed by atoms with Crippen LogP contribution in [-0.4, -0.2) is 19.3 Å². The lowest BCUT2D eigenvalue weighted by atomic mass is 9.90. The van der Waals surface area contributed by atoms with Crippen LogP contribution >= 0.6 is 0 Å². The van der Waals surface area contributed by atoms with E-state index >= 15 is 0 Å². The Morgan fingerprint density at radius 1 is 1.80 bits per heavy atom. The zero-order valence-corrected chi connectivity index (χ0v) is 6.64. The van der Waals surface area contributed by atoms with Crippen molar-refractivity contribution in [3.63, 3.8) is 0 Å². The van der Waals surface area contributed by atoms with Gasteiger partial charge in [-0.25, -0.2) is 0 Å². The van der Waals surface area contributed by atoms with Gasteiger partial charge in [0.15, 0.2) is 0 Å². The fourth-order valence-corrected chi connectivity index (χ4v) is 1.49. The molecule has 10 heavy (non-hydrogen) atoms. The molecule has 0 saturated carbocycles. The molecule has 0 aliphatic carbocycles. The summed E-state index contributed by atoms with van der Waals surface area (Å²) in [5.74, 6) is 0.638. The average molecular weight is 135 g/mol. The van der Waals surface area contributed by atoms with Gasteiger partial charge in [-0.2, -0.15) is 0 Å². The summed E-state index contributed by atoms with van der Waals surface area (Å²) in [5, 5.41) is 0. The van der Waals surface area contributed by atoms with E-state index in [4.69, 9.17) is 7.98 Å². The number of hydrogen-bond donors (Lipinski definition) is 0. The predicted octanol–water partition coefficient (Wildman–Crippen LogP) is 1.71. The van der Waals surface area contributed by atoms with Crippen molar-refractivity contribution in [2.75, 3.05) is 6.54 Å². The highest BCUT2D eigenvalue weighted by Gasteiger charge is 2.17. The van der Waals surface area contributed by atoms with E-state index < -0.39 is 0 Å². The monoisotopic (exact) mass is 135 g/mol. The maximum atomic E-state index is 5.68. The van der Waals surface area contributed by atoms with Crippen LogP contribution in [-0.2, 0) is 0 Å². The summed E-state index contributed by atoms with van der Waals surface area (Å²) in [7, 11) is 5.68. The van der Waals surface area contributed by atoms with Gasteiger partial charge in [-0.05, 0) is 30.9 Å². The molecular weight excluding hydrogens is 121 g/mol. The van der Waals surface area contributed by atoms with Crippen molar-refractivity contribution in [3.05, 3.63) is 12.3 Å². The molecule has 2 radical (unpaired) electrons. The van der Waals surface area contributed by atoms with E-state index in [0.717, 1.165) is 12.2 Å². The summed E-state index contributed by atoms with van der Waals surface area (Å²) in [5.41, 5.74) is 1.12. The van der Waals surface area contributed by atoms with Crippen LogP contribution in [0.1, 0.15) is 26.2 Å². The van der Waals surface area contributed by atoms with Gasteiger partial charge in [-0.3, -0.25) is 0 Å². The first-order valence-corrected chi connectivity index (χ1v) is 3.96.